The van der Waals surface area contributed by atoms with Gasteiger partial charge in [-0.25, -0.2) is 0 Å². The van der Waals surface area contributed by atoms with Gasteiger partial charge in [0, 0.05) is 71.1 Å². The minimum Gasteiger partial charge on any atom is -0.370 e. The van der Waals surface area contributed by atoms with Gasteiger partial charge in [-0.15, -0.1) is 0 Å². The van der Waals surface area contributed by atoms with Crippen LogP contribution in [0, 0.1) is 11.3 Å². The van der Waals surface area contributed by atoms with E-state index in [1.165, 1.54) is 17.7 Å². The summed E-state index contributed by atoms with van der Waals surface area (Å²) in [6.07, 6.45) is 3.75. The molecule has 2 aromatic rings. The lowest BCUT2D eigenvalue weighted by Gasteiger charge is -2.39. The minimum absolute atomic E-state index is 0.0355. The summed E-state index contributed by atoms with van der Waals surface area (Å²) < 4.78 is 38.5. The maximum absolute atomic E-state index is 13.3. The topological polar surface area (TPSA) is 53.8 Å². The van der Waals surface area contributed by atoms with Gasteiger partial charge < -0.3 is 9.80 Å². The zero-order valence-electron chi connectivity index (χ0n) is 22.5. The Morgan fingerprint density at radius 2 is 1.43 bits per heavy atom. The monoisotopic (exact) mass is 549 g/mol. The van der Waals surface area contributed by atoms with Crippen molar-refractivity contribution < 1.29 is 18.0 Å². The first-order valence-electron chi connectivity index (χ1n) is 13.8. The summed E-state index contributed by atoms with van der Waals surface area (Å²) in [5, 5.41) is 8.99. The zero-order valence-corrected chi connectivity index (χ0v) is 22.5. The highest BCUT2D eigenvalue weighted by Crippen LogP contribution is 2.29. The van der Waals surface area contributed by atoms with Gasteiger partial charge in [0.15, 0.2) is 0 Å². The lowest BCUT2D eigenvalue weighted by Crippen LogP contribution is -2.49. The van der Waals surface area contributed by atoms with Gasteiger partial charge in [0.1, 0.15) is 0 Å². The van der Waals surface area contributed by atoms with E-state index >= 15 is 0 Å². The third kappa shape index (κ3) is 6.93. The van der Waals surface area contributed by atoms with Crippen molar-refractivity contribution in [3.8, 4) is 6.07 Å². The summed E-state index contributed by atoms with van der Waals surface area (Å²) in [5.74, 6) is 0.0355. The highest BCUT2D eigenvalue weighted by atomic mass is 19.4. The summed E-state index contributed by atoms with van der Waals surface area (Å²) in [4.78, 5) is 22.1. The van der Waals surface area contributed by atoms with Crippen LogP contribution < -0.4 is 0 Å². The number of hydrogen-bond donors (Lipinski definition) is 0. The molecule has 3 heterocycles. The Balaban J connectivity index is 1.09. The molecule has 2 fully saturated rings. The smallest absolute Gasteiger partial charge is 0.370 e. The van der Waals surface area contributed by atoms with E-state index in [2.05, 4.69) is 26.8 Å². The quantitative estimate of drug-likeness (QED) is 0.526. The molecule has 2 saturated heterocycles. The van der Waals surface area contributed by atoms with Crippen molar-refractivity contribution in [3.63, 3.8) is 0 Å². The van der Waals surface area contributed by atoms with E-state index in [0.29, 0.717) is 49.9 Å². The fourth-order valence-corrected chi connectivity index (χ4v) is 5.66. The maximum atomic E-state index is 13.3. The van der Waals surface area contributed by atoms with Crippen molar-refractivity contribution in [2.75, 3.05) is 45.8 Å². The van der Waals surface area contributed by atoms with Gasteiger partial charge in [-0.05, 0) is 48.2 Å². The Morgan fingerprint density at radius 1 is 0.850 bits per heavy atom. The molecule has 0 aromatic heterocycles. The number of benzene rings is 2. The predicted octanol–water partition coefficient (Wildman–Crippen LogP) is 4.64. The van der Waals surface area contributed by atoms with E-state index in [1.54, 1.807) is 0 Å². The molecule has 40 heavy (non-hydrogen) atoms. The Hall–Kier alpha value is -3.61. The van der Waals surface area contributed by atoms with Gasteiger partial charge in [0.2, 0.25) is 0 Å². The molecule has 9 heteroatoms. The van der Waals surface area contributed by atoms with Gasteiger partial charge in [-0.3, -0.25) is 14.6 Å². The number of halogens is 3. The number of rotatable bonds is 6. The van der Waals surface area contributed by atoms with Crippen molar-refractivity contribution >= 4 is 5.91 Å². The number of carbonyl (C=O) groups is 1. The minimum atomic E-state index is -4.33. The number of nitrogens with zero attached hydrogens (tertiary/aromatic N) is 5. The number of likely N-dealkylation sites (tertiary alicyclic amines) is 1. The third-order valence-electron chi connectivity index (χ3n) is 8.03. The van der Waals surface area contributed by atoms with Gasteiger partial charge >= 0.3 is 6.18 Å². The molecule has 3 aliphatic heterocycles. The van der Waals surface area contributed by atoms with E-state index < -0.39 is 11.7 Å². The summed E-state index contributed by atoms with van der Waals surface area (Å²) >= 11 is 0. The maximum Gasteiger partial charge on any atom is 0.416 e. The van der Waals surface area contributed by atoms with Crippen LogP contribution in [-0.4, -0.2) is 77.4 Å². The number of amides is 1. The molecule has 0 bridgehead atoms. The largest absolute Gasteiger partial charge is 0.416 e. The molecule has 5 rings (SSSR count). The van der Waals surface area contributed by atoms with E-state index in [4.69, 9.17) is 5.26 Å². The molecule has 0 N–H and O–H groups in total. The fraction of sp³-hybridized carbons (Fsp3) is 0.419. The molecule has 210 valence electrons. The Morgan fingerprint density at radius 3 is 2.00 bits per heavy atom. The van der Waals surface area contributed by atoms with Crippen LogP contribution in [-0.2, 0) is 24.1 Å². The van der Waals surface area contributed by atoms with Crippen molar-refractivity contribution in [2.24, 2.45) is 0 Å². The van der Waals surface area contributed by atoms with Crippen LogP contribution in [0.5, 0.6) is 0 Å². The molecular weight excluding hydrogens is 515 g/mol. The molecule has 0 radical (unpaired) electrons. The summed E-state index contributed by atoms with van der Waals surface area (Å²) in [5.41, 5.74) is 2.80. The van der Waals surface area contributed by atoms with Crippen molar-refractivity contribution in [3.05, 3.63) is 94.7 Å². The molecule has 6 nitrogen and oxygen atoms in total. The first-order valence-corrected chi connectivity index (χ1v) is 13.8. The molecule has 0 aliphatic carbocycles. The average molecular weight is 550 g/mol. The van der Waals surface area contributed by atoms with Crippen LogP contribution in [0.15, 0.2) is 72.5 Å². The SMILES string of the molecule is N#Cc1ccc(CN2CCC(N3C=C(C(=O)N4CCN(Cc5ccc(C(F)(F)F)cc5)CC4)C=CC3)CC2)cc1. The van der Waals surface area contributed by atoms with Crippen molar-refractivity contribution in [1.82, 2.24) is 19.6 Å². The first kappa shape index (κ1) is 27.9. The molecule has 0 spiro atoms. The fourth-order valence-electron chi connectivity index (χ4n) is 5.66. The predicted molar refractivity (Wildman–Crippen MR) is 147 cm³/mol. The summed E-state index contributed by atoms with van der Waals surface area (Å²) in [6, 6.07) is 15.6. The van der Waals surface area contributed by atoms with E-state index in [0.717, 1.165) is 56.7 Å². The number of alkyl halides is 3. The van der Waals surface area contributed by atoms with Gasteiger partial charge in [0.25, 0.3) is 5.91 Å². The molecule has 1 amide bonds. The molecule has 2 aromatic carbocycles. The van der Waals surface area contributed by atoms with E-state index in [-0.39, 0.29) is 5.91 Å². The number of carbonyl (C=O) groups excluding carboxylic acids is 1. The molecular formula is C31H34F3N5O. The summed E-state index contributed by atoms with van der Waals surface area (Å²) in [6.45, 7) is 6.79. The van der Waals surface area contributed by atoms with Crippen LogP contribution in [0.25, 0.3) is 0 Å². The van der Waals surface area contributed by atoms with Gasteiger partial charge in [-0.1, -0.05) is 36.4 Å². The molecule has 0 saturated carbocycles. The Labute approximate surface area is 233 Å². The molecule has 0 atom stereocenters. The third-order valence-corrected chi connectivity index (χ3v) is 8.03. The lowest BCUT2D eigenvalue weighted by atomic mass is 10.0. The molecule has 3 aliphatic rings. The van der Waals surface area contributed by atoms with Crippen LogP contribution >= 0.6 is 0 Å². The van der Waals surface area contributed by atoms with Crippen LogP contribution in [0.3, 0.4) is 0 Å². The number of nitriles is 1. The highest BCUT2D eigenvalue weighted by Gasteiger charge is 2.30. The number of piperidine rings is 1. The number of hydrogen-bond acceptors (Lipinski definition) is 5. The average Bonchev–Trinajstić information content (AvgIpc) is 2.98. The number of piperazine rings is 1. The second kappa shape index (κ2) is 12.3. The van der Waals surface area contributed by atoms with E-state index in [1.807, 2.05) is 41.4 Å². The highest BCUT2D eigenvalue weighted by molar-refractivity contribution is 5.96. The second-order valence-electron chi connectivity index (χ2n) is 10.8. The van der Waals surface area contributed by atoms with Crippen LogP contribution in [0.2, 0.25) is 0 Å². The Bertz CT molecular complexity index is 1260. The van der Waals surface area contributed by atoms with Crippen molar-refractivity contribution in [2.45, 2.75) is 38.1 Å². The van der Waals surface area contributed by atoms with Gasteiger partial charge in [0.05, 0.1) is 22.8 Å². The standard InChI is InChI=1S/C31H34F3N5O/c32-31(33,34)28-9-7-26(8-10-28)22-37-16-18-38(19-17-37)30(40)27-2-1-13-39(23-27)29-11-14-36(15-12-29)21-25-5-3-24(20-35)4-6-25/h1-10,23,29H,11-19,21-22H2. The second-order valence-corrected chi connectivity index (χ2v) is 10.8. The van der Waals surface area contributed by atoms with Crippen molar-refractivity contribution in [1.29, 1.82) is 5.26 Å². The normalized spacial score (nSPS) is 19.4. The van der Waals surface area contributed by atoms with E-state index in [9.17, 15) is 18.0 Å². The lowest BCUT2D eigenvalue weighted by molar-refractivity contribution is -0.137. The summed E-state index contributed by atoms with van der Waals surface area (Å²) in [7, 11) is 0. The van der Waals surface area contributed by atoms with Crippen LogP contribution in [0.1, 0.15) is 35.1 Å². The Kier molecular flexibility index (Phi) is 8.57. The zero-order chi connectivity index (χ0) is 28.1. The first-order chi connectivity index (χ1) is 19.3. The van der Waals surface area contributed by atoms with Gasteiger partial charge in [-0.2, -0.15) is 18.4 Å². The van der Waals surface area contributed by atoms with Crippen LogP contribution in [0.4, 0.5) is 13.2 Å². The molecule has 0 unspecified atom stereocenters.